The molecule has 0 saturated carbocycles. The fourth-order valence-corrected chi connectivity index (χ4v) is 2.52. The number of benzene rings is 2. The zero-order chi connectivity index (χ0) is 15.0. The number of imidazole rings is 1. The number of para-hydroxylation sites is 2. The summed E-state index contributed by atoms with van der Waals surface area (Å²) in [4.78, 5) is 3.77. The second-order valence-corrected chi connectivity index (χ2v) is 4.88. The van der Waals surface area contributed by atoms with Crippen LogP contribution in [-0.2, 0) is 6.18 Å². The molecule has 21 heavy (non-hydrogen) atoms. The van der Waals surface area contributed by atoms with Crippen molar-refractivity contribution in [2.75, 3.05) is 0 Å². The van der Waals surface area contributed by atoms with E-state index in [9.17, 15) is 13.2 Å². The van der Waals surface area contributed by atoms with Crippen LogP contribution in [0.15, 0.2) is 54.6 Å². The van der Waals surface area contributed by atoms with E-state index in [0.717, 1.165) is 5.56 Å². The van der Waals surface area contributed by atoms with Crippen LogP contribution in [0.5, 0.6) is 0 Å². The number of fused-ring (bicyclic) bond motifs is 1. The Kier molecular flexibility index (Phi) is 3.20. The molecule has 0 amide bonds. The largest absolute Gasteiger partial charge is 0.449 e. The van der Waals surface area contributed by atoms with E-state index in [4.69, 9.17) is 0 Å². The third-order valence-corrected chi connectivity index (χ3v) is 3.52. The number of aromatic nitrogens is 2. The Labute approximate surface area is 119 Å². The first-order valence-electron chi connectivity index (χ1n) is 6.57. The van der Waals surface area contributed by atoms with Gasteiger partial charge in [0.05, 0.1) is 17.1 Å². The van der Waals surface area contributed by atoms with Gasteiger partial charge in [0.1, 0.15) is 0 Å². The van der Waals surface area contributed by atoms with E-state index in [2.05, 4.69) is 4.98 Å². The second kappa shape index (κ2) is 4.91. The van der Waals surface area contributed by atoms with Crippen LogP contribution in [-0.4, -0.2) is 9.55 Å². The molecule has 3 rings (SSSR count). The third kappa shape index (κ3) is 2.39. The van der Waals surface area contributed by atoms with Crippen molar-refractivity contribution in [1.82, 2.24) is 9.55 Å². The van der Waals surface area contributed by atoms with Gasteiger partial charge in [-0.15, -0.1) is 0 Å². The van der Waals surface area contributed by atoms with Gasteiger partial charge in [0.25, 0.3) is 0 Å². The molecule has 2 nitrogen and oxygen atoms in total. The summed E-state index contributed by atoms with van der Waals surface area (Å²) in [6, 6.07) is 15.3. The summed E-state index contributed by atoms with van der Waals surface area (Å²) in [7, 11) is 0. The van der Waals surface area contributed by atoms with Crippen LogP contribution in [0.1, 0.15) is 24.4 Å². The number of nitrogens with zero attached hydrogens (tertiary/aromatic N) is 2. The summed E-state index contributed by atoms with van der Waals surface area (Å²) < 4.78 is 41.1. The molecule has 1 aromatic heterocycles. The molecule has 0 bridgehead atoms. The van der Waals surface area contributed by atoms with Crippen LogP contribution in [0.4, 0.5) is 13.2 Å². The predicted molar refractivity (Wildman–Crippen MR) is 75.0 cm³/mol. The Bertz CT molecular complexity index is 760. The minimum Gasteiger partial charge on any atom is -0.313 e. The topological polar surface area (TPSA) is 17.8 Å². The van der Waals surface area contributed by atoms with Gasteiger partial charge in [-0.1, -0.05) is 42.5 Å². The minimum absolute atomic E-state index is 0.354. The fraction of sp³-hybridized carbons (Fsp3) is 0.188. The van der Waals surface area contributed by atoms with E-state index in [1.807, 2.05) is 30.3 Å². The monoisotopic (exact) mass is 290 g/mol. The maximum atomic E-state index is 13.3. The predicted octanol–water partition coefficient (Wildman–Crippen LogP) is 4.66. The van der Waals surface area contributed by atoms with Gasteiger partial charge in [0.15, 0.2) is 0 Å². The summed E-state index contributed by atoms with van der Waals surface area (Å²) in [5, 5.41) is 0. The van der Waals surface area contributed by atoms with E-state index in [1.165, 1.54) is 4.57 Å². The highest BCUT2D eigenvalue weighted by molar-refractivity contribution is 5.76. The summed E-state index contributed by atoms with van der Waals surface area (Å²) >= 11 is 0. The van der Waals surface area contributed by atoms with Crippen molar-refractivity contribution in [3.8, 4) is 0 Å². The van der Waals surface area contributed by atoms with Crippen LogP contribution in [0.2, 0.25) is 0 Å². The van der Waals surface area contributed by atoms with Crippen molar-refractivity contribution in [3.63, 3.8) is 0 Å². The van der Waals surface area contributed by atoms with Crippen molar-refractivity contribution in [2.45, 2.75) is 19.1 Å². The lowest BCUT2D eigenvalue weighted by Gasteiger charge is -2.19. The van der Waals surface area contributed by atoms with E-state index in [1.54, 1.807) is 31.2 Å². The maximum Gasteiger partial charge on any atom is 0.449 e. The number of alkyl halides is 3. The molecule has 5 heteroatoms. The van der Waals surface area contributed by atoms with E-state index >= 15 is 0 Å². The van der Waals surface area contributed by atoms with Crippen LogP contribution < -0.4 is 0 Å². The van der Waals surface area contributed by atoms with Gasteiger partial charge in [0, 0.05) is 0 Å². The molecule has 108 valence electrons. The average Bonchev–Trinajstić information content (AvgIpc) is 2.87. The molecule has 1 heterocycles. The van der Waals surface area contributed by atoms with E-state index in [0.29, 0.717) is 11.0 Å². The highest BCUT2D eigenvalue weighted by Gasteiger charge is 2.38. The van der Waals surface area contributed by atoms with Crippen molar-refractivity contribution >= 4 is 11.0 Å². The van der Waals surface area contributed by atoms with Crippen molar-refractivity contribution < 1.29 is 13.2 Å². The molecule has 0 aliphatic carbocycles. The smallest absolute Gasteiger partial charge is 0.313 e. The summed E-state index contributed by atoms with van der Waals surface area (Å²) in [5.74, 6) is -0.861. The molecule has 0 aliphatic heterocycles. The second-order valence-electron chi connectivity index (χ2n) is 4.88. The Morgan fingerprint density at radius 2 is 1.57 bits per heavy atom. The van der Waals surface area contributed by atoms with Gasteiger partial charge in [-0.2, -0.15) is 13.2 Å². The maximum absolute atomic E-state index is 13.3. The molecule has 0 spiro atoms. The number of rotatable bonds is 2. The Balaban J connectivity index is 2.25. The quantitative estimate of drug-likeness (QED) is 0.671. The van der Waals surface area contributed by atoms with Gasteiger partial charge in [0.2, 0.25) is 5.82 Å². The van der Waals surface area contributed by atoms with Crippen LogP contribution in [0.3, 0.4) is 0 Å². The van der Waals surface area contributed by atoms with Gasteiger partial charge in [-0.05, 0) is 24.6 Å². The summed E-state index contributed by atoms with van der Waals surface area (Å²) in [5.41, 5.74) is 1.65. The van der Waals surface area contributed by atoms with E-state index in [-0.39, 0.29) is 0 Å². The van der Waals surface area contributed by atoms with Crippen molar-refractivity contribution in [1.29, 1.82) is 0 Å². The first-order chi connectivity index (χ1) is 9.98. The highest BCUT2D eigenvalue weighted by atomic mass is 19.4. The fourth-order valence-electron chi connectivity index (χ4n) is 2.52. The molecule has 2 aromatic carbocycles. The lowest BCUT2D eigenvalue weighted by Crippen LogP contribution is -2.18. The SMILES string of the molecule is C[C@H](c1ccccc1)n1c(C(F)(F)F)nc2ccccc21. The van der Waals surface area contributed by atoms with E-state index < -0.39 is 18.0 Å². The lowest BCUT2D eigenvalue weighted by molar-refractivity contribution is -0.147. The first kappa shape index (κ1) is 13.7. The lowest BCUT2D eigenvalue weighted by atomic mass is 10.1. The summed E-state index contributed by atoms with van der Waals surface area (Å²) in [6.07, 6.45) is -4.48. The average molecular weight is 290 g/mol. The van der Waals surface area contributed by atoms with Gasteiger partial charge < -0.3 is 4.57 Å². The standard InChI is InChI=1S/C16H13F3N2/c1-11(12-7-3-2-4-8-12)21-14-10-6-5-9-13(14)20-15(21)16(17,18)19/h2-11H,1H3/t11-/m1/s1. The minimum atomic E-state index is -4.48. The van der Waals surface area contributed by atoms with Gasteiger partial charge in [-0.25, -0.2) is 4.98 Å². The molecule has 0 N–H and O–H groups in total. The third-order valence-electron chi connectivity index (χ3n) is 3.52. The Morgan fingerprint density at radius 3 is 2.24 bits per heavy atom. The molecule has 0 unspecified atom stereocenters. The molecular weight excluding hydrogens is 277 g/mol. The van der Waals surface area contributed by atoms with Crippen molar-refractivity contribution in [2.24, 2.45) is 0 Å². The molecule has 3 aromatic rings. The molecule has 0 saturated heterocycles. The van der Waals surface area contributed by atoms with Crippen molar-refractivity contribution in [3.05, 3.63) is 66.0 Å². The summed E-state index contributed by atoms with van der Waals surface area (Å²) in [6.45, 7) is 1.75. The van der Waals surface area contributed by atoms with Gasteiger partial charge >= 0.3 is 6.18 Å². The highest BCUT2D eigenvalue weighted by Crippen LogP contribution is 2.35. The molecule has 0 aliphatic rings. The number of hydrogen-bond acceptors (Lipinski definition) is 1. The molecule has 0 radical (unpaired) electrons. The number of hydrogen-bond donors (Lipinski definition) is 0. The normalized spacial score (nSPS) is 13.5. The molecule has 1 atom stereocenters. The van der Waals surface area contributed by atoms with Gasteiger partial charge in [-0.3, -0.25) is 0 Å². The molecular formula is C16H13F3N2. The van der Waals surface area contributed by atoms with Crippen LogP contribution in [0.25, 0.3) is 11.0 Å². The zero-order valence-electron chi connectivity index (χ0n) is 11.3. The Morgan fingerprint density at radius 1 is 0.952 bits per heavy atom. The Hall–Kier alpha value is -2.30. The number of halogens is 3. The van der Waals surface area contributed by atoms with Crippen LogP contribution >= 0.6 is 0 Å². The zero-order valence-corrected chi connectivity index (χ0v) is 11.3. The first-order valence-corrected chi connectivity index (χ1v) is 6.57. The van der Waals surface area contributed by atoms with Crippen LogP contribution in [0, 0.1) is 0 Å². The molecule has 0 fully saturated rings.